The van der Waals surface area contributed by atoms with E-state index >= 15 is 0 Å². The maximum Gasteiger partial charge on any atom is 0.455 e. The van der Waals surface area contributed by atoms with Crippen LogP contribution in [0, 0.1) is 0 Å². The van der Waals surface area contributed by atoms with E-state index in [1.165, 1.54) is 0 Å². The van der Waals surface area contributed by atoms with E-state index in [0.717, 1.165) is 0 Å². The van der Waals surface area contributed by atoms with Crippen LogP contribution < -0.4 is 5.73 Å². The second kappa shape index (κ2) is 4.02. The Balaban J connectivity index is 2.08. The summed E-state index contributed by atoms with van der Waals surface area (Å²) in [5.74, 6) is -1.41. The molecule has 2 N–H and O–H groups in total. The number of hydrogen-bond acceptors (Lipinski definition) is 5. The van der Waals surface area contributed by atoms with Crippen LogP contribution >= 0.6 is 0 Å². The fraction of sp³-hybridized carbons (Fsp3) is 0.750. The number of halogens is 3. The van der Waals surface area contributed by atoms with E-state index < -0.39 is 18.1 Å². The van der Waals surface area contributed by atoms with Gasteiger partial charge in [0, 0.05) is 6.54 Å². The van der Waals surface area contributed by atoms with Gasteiger partial charge in [-0.3, -0.25) is 0 Å². The van der Waals surface area contributed by atoms with Crippen molar-refractivity contribution in [3.63, 3.8) is 0 Å². The third-order valence-corrected chi connectivity index (χ3v) is 2.34. The summed E-state index contributed by atoms with van der Waals surface area (Å²) < 4.78 is 46.4. The molecule has 1 aromatic heterocycles. The molecule has 0 bridgehead atoms. The molecule has 2 rings (SSSR count). The van der Waals surface area contributed by atoms with E-state index in [1.807, 2.05) is 0 Å². The summed E-state index contributed by atoms with van der Waals surface area (Å²) in [6, 6.07) is 0. The lowest BCUT2D eigenvalue weighted by molar-refractivity contribution is -0.146. The van der Waals surface area contributed by atoms with E-state index in [9.17, 15) is 13.2 Å². The second-order valence-corrected chi connectivity index (χ2v) is 3.51. The Bertz CT molecular complexity index is 366. The lowest BCUT2D eigenvalue weighted by Gasteiger charge is -2.07. The highest BCUT2D eigenvalue weighted by Crippen LogP contribution is 2.33. The Hall–Kier alpha value is -1.15. The van der Waals surface area contributed by atoms with Crippen molar-refractivity contribution in [2.45, 2.75) is 31.2 Å². The van der Waals surface area contributed by atoms with Gasteiger partial charge in [0.25, 0.3) is 11.7 Å². The summed E-state index contributed by atoms with van der Waals surface area (Å²) in [6.45, 7) is 0.330. The largest absolute Gasteiger partial charge is 0.455 e. The van der Waals surface area contributed by atoms with Gasteiger partial charge in [0.2, 0.25) is 0 Å². The van der Waals surface area contributed by atoms with Crippen molar-refractivity contribution in [3.8, 4) is 0 Å². The monoisotopic (exact) mass is 237 g/mol. The van der Waals surface area contributed by atoms with Gasteiger partial charge in [0.15, 0.2) is 0 Å². The molecule has 16 heavy (non-hydrogen) atoms. The normalized spacial score (nSPS) is 26.2. The average Bonchev–Trinajstić information content (AvgIpc) is 2.85. The van der Waals surface area contributed by atoms with Crippen molar-refractivity contribution in [3.05, 3.63) is 11.7 Å². The summed E-state index contributed by atoms with van der Waals surface area (Å²) in [4.78, 5) is 3.26. The zero-order valence-electron chi connectivity index (χ0n) is 8.20. The van der Waals surface area contributed by atoms with Gasteiger partial charge >= 0.3 is 6.18 Å². The highest BCUT2D eigenvalue weighted by molar-refractivity contribution is 4.95. The number of ether oxygens (including phenoxy) is 1. The molecule has 1 aliphatic rings. The lowest BCUT2D eigenvalue weighted by atomic mass is 10.2. The van der Waals surface area contributed by atoms with Gasteiger partial charge in [0.1, 0.15) is 6.10 Å². The second-order valence-electron chi connectivity index (χ2n) is 3.51. The fourth-order valence-corrected chi connectivity index (χ4v) is 1.54. The molecule has 0 amide bonds. The van der Waals surface area contributed by atoms with Crippen LogP contribution in [-0.2, 0) is 10.9 Å². The molecule has 1 aliphatic heterocycles. The van der Waals surface area contributed by atoms with Crippen LogP contribution in [0.15, 0.2) is 4.52 Å². The van der Waals surface area contributed by atoms with Crippen molar-refractivity contribution in [1.29, 1.82) is 0 Å². The van der Waals surface area contributed by atoms with Crippen LogP contribution in [0.25, 0.3) is 0 Å². The number of rotatable bonds is 2. The summed E-state index contributed by atoms with van der Waals surface area (Å²) >= 11 is 0. The van der Waals surface area contributed by atoms with Crippen molar-refractivity contribution >= 4 is 0 Å². The highest BCUT2D eigenvalue weighted by atomic mass is 19.4. The molecule has 1 aromatic rings. The van der Waals surface area contributed by atoms with Gasteiger partial charge in [-0.25, -0.2) is 0 Å². The molecule has 0 aliphatic carbocycles. The van der Waals surface area contributed by atoms with Crippen molar-refractivity contribution in [2.24, 2.45) is 5.73 Å². The van der Waals surface area contributed by atoms with E-state index in [4.69, 9.17) is 10.5 Å². The summed E-state index contributed by atoms with van der Waals surface area (Å²) in [5, 5.41) is 2.86. The van der Waals surface area contributed by atoms with E-state index in [1.54, 1.807) is 0 Å². The predicted molar refractivity (Wildman–Crippen MR) is 45.2 cm³/mol. The SMILES string of the molecule is NCC1CCC(c2nc(C(F)(F)F)no2)O1. The van der Waals surface area contributed by atoms with Gasteiger partial charge in [0.05, 0.1) is 6.10 Å². The van der Waals surface area contributed by atoms with Crippen LogP contribution in [-0.4, -0.2) is 22.8 Å². The van der Waals surface area contributed by atoms with Crippen LogP contribution in [0.1, 0.15) is 30.7 Å². The smallest absolute Gasteiger partial charge is 0.364 e. The molecular weight excluding hydrogens is 227 g/mol. The molecule has 2 unspecified atom stereocenters. The Kier molecular flexibility index (Phi) is 2.85. The van der Waals surface area contributed by atoms with Gasteiger partial charge in [-0.2, -0.15) is 18.2 Å². The maximum atomic E-state index is 12.2. The molecule has 5 nitrogen and oxygen atoms in total. The number of nitrogens with zero attached hydrogens (tertiary/aromatic N) is 2. The third kappa shape index (κ3) is 2.17. The minimum atomic E-state index is -4.59. The minimum absolute atomic E-state index is 0.136. The Labute approximate surface area is 88.8 Å². The molecule has 1 fully saturated rings. The molecule has 0 saturated carbocycles. The molecule has 2 heterocycles. The fourth-order valence-electron chi connectivity index (χ4n) is 1.54. The molecule has 90 valence electrons. The van der Waals surface area contributed by atoms with Crippen LogP contribution in [0.3, 0.4) is 0 Å². The standard InChI is InChI=1S/C8H10F3N3O2/c9-8(10,11)7-13-6(16-14-7)5-2-1-4(3-12)15-5/h4-5H,1-3,12H2. The van der Waals surface area contributed by atoms with Crippen molar-refractivity contribution in [1.82, 2.24) is 10.1 Å². The summed E-state index contributed by atoms with van der Waals surface area (Å²) in [6.07, 6.45) is -4.08. The van der Waals surface area contributed by atoms with Crippen molar-refractivity contribution in [2.75, 3.05) is 6.54 Å². The van der Waals surface area contributed by atoms with E-state index in [0.29, 0.717) is 19.4 Å². The first kappa shape index (κ1) is 11.3. The zero-order valence-corrected chi connectivity index (χ0v) is 8.20. The summed E-state index contributed by atoms with van der Waals surface area (Å²) in [5.41, 5.74) is 5.38. The molecule has 1 saturated heterocycles. The lowest BCUT2D eigenvalue weighted by Crippen LogP contribution is -2.18. The third-order valence-electron chi connectivity index (χ3n) is 2.34. The summed E-state index contributed by atoms with van der Waals surface area (Å²) in [7, 11) is 0. The number of nitrogens with two attached hydrogens (primary N) is 1. The van der Waals surface area contributed by atoms with Crippen LogP contribution in [0.2, 0.25) is 0 Å². The Morgan fingerprint density at radius 3 is 2.62 bits per heavy atom. The topological polar surface area (TPSA) is 74.2 Å². The highest BCUT2D eigenvalue weighted by Gasteiger charge is 2.39. The zero-order chi connectivity index (χ0) is 11.8. The van der Waals surface area contributed by atoms with Crippen LogP contribution in [0.4, 0.5) is 13.2 Å². The van der Waals surface area contributed by atoms with E-state index in [-0.39, 0.29) is 12.0 Å². The van der Waals surface area contributed by atoms with Gasteiger partial charge < -0.3 is 15.0 Å². The molecule has 8 heteroatoms. The number of aromatic nitrogens is 2. The molecule has 2 atom stereocenters. The van der Waals surface area contributed by atoms with Gasteiger partial charge in [-0.15, -0.1) is 0 Å². The molecule has 0 aromatic carbocycles. The molecular formula is C8H10F3N3O2. The Morgan fingerprint density at radius 1 is 1.38 bits per heavy atom. The number of alkyl halides is 3. The van der Waals surface area contributed by atoms with E-state index in [2.05, 4.69) is 14.7 Å². The average molecular weight is 237 g/mol. The number of hydrogen-bond donors (Lipinski definition) is 1. The maximum absolute atomic E-state index is 12.2. The first-order chi connectivity index (χ1) is 7.50. The van der Waals surface area contributed by atoms with Crippen LogP contribution in [0.5, 0.6) is 0 Å². The van der Waals surface area contributed by atoms with Gasteiger partial charge in [-0.05, 0) is 12.8 Å². The van der Waals surface area contributed by atoms with Gasteiger partial charge in [-0.1, -0.05) is 5.16 Å². The molecule has 0 radical (unpaired) electrons. The molecule has 0 spiro atoms. The first-order valence-corrected chi connectivity index (χ1v) is 4.77. The predicted octanol–water partition coefficient (Wildman–Crippen LogP) is 1.27. The quantitative estimate of drug-likeness (QED) is 0.838. The first-order valence-electron chi connectivity index (χ1n) is 4.77. The van der Waals surface area contributed by atoms with Crippen molar-refractivity contribution < 1.29 is 22.4 Å². The Morgan fingerprint density at radius 2 is 2.12 bits per heavy atom. The minimum Gasteiger partial charge on any atom is -0.364 e.